The Morgan fingerprint density at radius 1 is 1.26 bits per heavy atom. The molecule has 4 nitrogen and oxygen atoms in total. The fourth-order valence-electron chi connectivity index (χ4n) is 2.19. The summed E-state index contributed by atoms with van der Waals surface area (Å²) in [4.78, 5) is 23.3. The summed E-state index contributed by atoms with van der Waals surface area (Å²) < 4.78 is 11.9. The Balaban J connectivity index is 1.85. The predicted octanol–water partition coefficient (Wildman–Crippen LogP) is 4.03. The van der Waals surface area contributed by atoms with Crippen molar-refractivity contribution in [2.75, 3.05) is 6.61 Å². The lowest BCUT2D eigenvalue weighted by Crippen LogP contribution is -2.06. The van der Waals surface area contributed by atoms with E-state index in [0.29, 0.717) is 17.1 Å². The highest BCUT2D eigenvalue weighted by atomic mass is 79.9. The Kier molecular flexibility index (Phi) is 4.30. The molecule has 0 radical (unpaired) electrons. The van der Waals surface area contributed by atoms with E-state index < -0.39 is 0 Å². The van der Waals surface area contributed by atoms with E-state index in [1.54, 1.807) is 24.3 Å². The van der Waals surface area contributed by atoms with Gasteiger partial charge in [0.05, 0.1) is 5.56 Å². The minimum Gasteiger partial charge on any atom is -0.486 e. The van der Waals surface area contributed by atoms with Crippen LogP contribution in [0.25, 0.3) is 6.08 Å². The maximum absolute atomic E-state index is 12.4. The van der Waals surface area contributed by atoms with E-state index in [1.807, 2.05) is 24.3 Å². The summed E-state index contributed by atoms with van der Waals surface area (Å²) in [5.74, 6) is 0.963. The largest absolute Gasteiger partial charge is 0.486 e. The number of allylic oxidation sites excluding steroid dienone is 1. The standard InChI is InChI=1S/C18H13BrO4/c1-11(20)10-22-14-5-6-15-16(9-14)23-17(18(15)21)8-12-3-2-4-13(19)7-12/h2-9H,10H2,1H3. The number of carbonyl (C=O) groups excluding carboxylic acids is 2. The SMILES string of the molecule is CC(=O)COc1ccc2c(c1)OC(=Cc1cccc(Br)c1)C2=O. The second kappa shape index (κ2) is 6.38. The molecule has 0 unspecified atom stereocenters. The number of benzene rings is 2. The smallest absolute Gasteiger partial charge is 0.231 e. The van der Waals surface area contributed by atoms with Crippen molar-refractivity contribution in [3.05, 3.63) is 63.8 Å². The maximum Gasteiger partial charge on any atom is 0.231 e. The Labute approximate surface area is 141 Å². The molecule has 2 aromatic carbocycles. The summed E-state index contributed by atoms with van der Waals surface area (Å²) in [6, 6.07) is 12.5. The zero-order chi connectivity index (χ0) is 16.4. The molecule has 0 N–H and O–H groups in total. The molecule has 0 aliphatic carbocycles. The van der Waals surface area contributed by atoms with Crippen molar-refractivity contribution in [1.82, 2.24) is 0 Å². The first-order valence-corrected chi connectivity index (χ1v) is 7.78. The lowest BCUT2D eigenvalue weighted by Gasteiger charge is -2.04. The first kappa shape index (κ1) is 15.5. The van der Waals surface area contributed by atoms with E-state index in [4.69, 9.17) is 9.47 Å². The number of hydrogen-bond donors (Lipinski definition) is 0. The van der Waals surface area contributed by atoms with Crippen molar-refractivity contribution in [2.24, 2.45) is 0 Å². The molecule has 0 saturated heterocycles. The summed E-state index contributed by atoms with van der Waals surface area (Å²) in [6.45, 7) is 1.44. The van der Waals surface area contributed by atoms with Crippen molar-refractivity contribution >= 4 is 33.6 Å². The molecular weight excluding hydrogens is 360 g/mol. The number of rotatable bonds is 4. The maximum atomic E-state index is 12.4. The molecule has 0 aromatic heterocycles. The lowest BCUT2D eigenvalue weighted by molar-refractivity contribution is -0.118. The molecule has 0 saturated carbocycles. The van der Waals surface area contributed by atoms with Crippen molar-refractivity contribution < 1.29 is 19.1 Å². The van der Waals surface area contributed by atoms with Crippen molar-refractivity contribution in [3.8, 4) is 11.5 Å². The van der Waals surface area contributed by atoms with Crippen molar-refractivity contribution in [2.45, 2.75) is 6.92 Å². The van der Waals surface area contributed by atoms with E-state index in [2.05, 4.69) is 15.9 Å². The summed E-state index contributed by atoms with van der Waals surface area (Å²) in [6.07, 6.45) is 1.70. The molecule has 2 aromatic rings. The van der Waals surface area contributed by atoms with Crippen LogP contribution in [0.4, 0.5) is 0 Å². The van der Waals surface area contributed by atoms with E-state index in [1.165, 1.54) is 6.92 Å². The van der Waals surface area contributed by atoms with Gasteiger partial charge in [0.15, 0.2) is 11.5 Å². The Morgan fingerprint density at radius 3 is 2.83 bits per heavy atom. The molecule has 1 aliphatic heterocycles. The van der Waals surface area contributed by atoms with Gasteiger partial charge in [0.2, 0.25) is 5.78 Å². The van der Waals surface area contributed by atoms with Crippen LogP contribution >= 0.6 is 15.9 Å². The zero-order valence-corrected chi connectivity index (χ0v) is 13.9. The molecular formula is C18H13BrO4. The highest BCUT2D eigenvalue weighted by molar-refractivity contribution is 9.10. The topological polar surface area (TPSA) is 52.6 Å². The molecule has 0 atom stereocenters. The van der Waals surface area contributed by atoms with Crippen LogP contribution in [-0.4, -0.2) is 18.2 Å². The fraction of sp³-hybridized carbons (Fsp3) is 0.111. The van der Waals surface area contributed by atoms with Crippen LogP contribution in [0, 0.1) is 0 Å². The summed E-state index contributed by atoms with van der Waals surface area (Å²) in [5, 5.41) is 0. The molecule has 0 bridgehead atoms. The number of fused-ring (bicyclic) bond motifs is 1. The Morgan fingerprint density at radius 2 is 2.09 bits per heavy atom. The van der Waals surface area contributed by atoms with Crippen LogP contribution in [0.5, 0.6) is 11.5 Å². The Hall–Kier alpha value is -2.40. The molecule has 1 aliphatic rings. The van der Waals surface area contributed by atoms with Gasteiger partial charge in [0.1, 0.15) is 18.1 Å². The highest BCUT2D eigenvalue weighted by Crippen LogP contribution is 2.35. The molecule has 3 rings (SSSR count). The molecule has 116 valence electrons. The lowest BCUT2D eigenvalue weighted by atomic mass is 10.1. The van der Waals surface area contributed by atoms with E-state index in [0.717, 1.165) is 10.0 Å². The summed E-state index contributed by atoms with van der Waals surface area (Å²) >= 11 is 3.39. The van der Waals surface area contributed by atoms with Gasteiger partial charge in [-0.25, -0.2) is 0 Å². The molecule has 23 heavy (non-hydrogen) atoms. The van der Waals surface area contributed by atoms with Gasteiger partial charge in [0.25, 0.3) is 0 Å². The van der Waals surface area contributed by atoms with Gasteiger partial charge in [-0.05, 0) is 42.8 Å². The number of halogens is 1. The van der Waals surface area contributed by atoms with E-state index in [-0.39, 0.29) is 23.9 Å². The van der Waals surface area contributed by atoms with Crippen LogP contribution in [0.3, 0.4) is 0 Å². The Bertz CT molecular complexity index is 824. The third-order valence-corrected chi connectivity index (χ3v) is 3.72. The van der Waals surface area contributed by atoms with Crippen LogP contribution in [-0.2, 0) is 4.79 Å². The van der Waals surface area contributed by atoms with Gasteiger partial charge in [-0.3, -0.25) is 9.59 Å². The number of hydrogen-bond acceptors (Lipinski definition) is 4. The van der Waals surface area contributed by atoms with Gasteiger partial charge in [-0.1, -0.05) is 28.1 Å². The van der Waals surface area contributed by atoms with Crippen LogP contribution in [0.2, 0.25) is 0 Å². The first-order valence-electron chi connectivity index (χ1n) is 6.99. The van der Waals surface area contributed by atoms with E-state index in [9.17, 15) is 9.59 Å². The summed E-state index contributed by atoms with van der Waals surface area (Å²) in [5.41, 5.74) is 1.35. The first-order chi connectivity index (χ1) is 11.0. The number of ether oxygens (including phenoxy) is 2. The average molecular weight is 373 g/mol. The normalized spacial score (nSPS) is 14.5. The predicted molar refractivity (Wildman–Crippen MR) is 89.7 cm³/mol. The highest BCUT2D eigenvalue weighted by Gasteiger charge is 2.27. The van der Waals surface area contributed by atoms with Gasteiger partial charge in [-0.15, -0.1) is 0 Å². The quantitative estimate of drug-likeness (QED) is 0.760. The van der Waals surface area contributed by atoms with E-state index >= 15 is 0 Å². The molecule has 5 heteroatoms. The van der Waals surface area contributed by atoms with Crippen LogP contribution in [0.15, 0.2) is 52.7 Å². The zero-order valence-electron chi connectivity index (χ0n) is 12.3. The third kappa shape index (κ3) is 3.51. The van der Waals surface area contributed by atoms with Gasteiger partial charge in [-0.2, -0.15) is 0 Å². The number of carbonyl (C=O) groups is 2. The number of Topliss-reactive ketones (excluding diaryl/α,β-unsaturated/α-hetero) is 2. The van der Waals surface area contributed by atoms with Gasteiger partial charge < -0.3 is 9.47 Å². The molecule has 0 spiro atoms. The molecule has 1 heterocycles. The second-order valence-electron chi connectivity index (χ2n) is 5.14. The van der Waals surface area contributed by atoms with Crippen LogP contribution in [0.1, 0.15) is 22.8 Å². The van der Waals surface area contributed by atoms with Gasteiger partial charge >= 0.3 is 0 Å². The van der Waals surface area contributed by atoms with Gasteiger partial charge in [0, 0.05) is 10.5 Å². The third-order valence-electron chi connectivity index (χ3n) is 3.23. The van der Waals surface area contributed by atoms with Crippen molar-refractivity contribution in [1.29, 1.82) is 0 Å². The minimum absolute atomic E-state index is 0.00648. The molecule has 0 fully saturated rings. The minimum atomic E-state index is -0.168. The summed E-state index contributed by atoms with van der Waals surface area (Å²) in [7, 11) is 0. The average Bonchev–Trinajstić information content (AvgIpc) is 2.81. The van der Waals surface area contributed by atoms with Crippen LogP contribution < -0.4 is 9.47 Å². The fourth-order valence-corrected chi connectivity index (χ4v) is 2.61. The monoisotopic (exact) mass is 372 g/mol. The van der Waals surface area contributed by atoms with Crippen molar-refractivity contribution in [3.63, 3.8) is 0 Å². The second-order valence-corrected chi connectivity index (χ2v) is 6.06. The number of ketones is 2. The molecule has 0 amide bonds.